The van der Waals surface area contributed by atoms with Crippen LogP contribution in [0.2, 0.25) is 0 Å². The quantitative estimate of drug-likeness (QED) is 0.594. The molecule has 1 amide bonds. The molecule has 0 spiro atoms. The number of hydrogen-bond donors (Lipinski definition) is 1. The molecule has 0 saturated heterocycles. The highest BCUT2D eigenvalue weighted by atomic mass is 32.2. The molecule has 2 aromatic heterocycles. The van der Waals surface area contributed by atoms with Gasteiger partial charge >= 0.3 is 0 Å². The summed E-state index contributed by atoms with van der Waals surface area (Å²) in [6.07, 6.45) is 0. The molecule has 1 aromatic carbocycles. The Labute approximate surface area is 171 Å². The van der Waals surface area contributed by atoms with Gasteiger partial charge in [-0.05, 0) is 43.0 Å². The van der Waals surface area contributed by atoms with Gasteiger partial charge in [0.1, 0.15) is 0 Å². The SMILES string of the molecule is CCn1c(S[C@H](C)C(=O)NCc2ccc3c(c2)OCO3)nnc1-c1cccs1. The summed E-state index contributed by atoms with van der Waals surface area (Å²) in [7, 11) is 0. The van der Waals surface area contributed by atoms with Crippen LogP contribution in [-0.2, 0) is 17.9 Å². The van der Waals surface area contributed by atoms with Crippen LogP contribution in [0.1, 0.15) is 19.4 Å². The Morgan fingerprint density at radius 1 is 1.32 bits per heavy atom. The molecule has 0 fully saturated rings. The summed E-state index contributed by atoms with van der Waals surface area (Å²) in [4.78, 5) is 13.6. The standard InChI is InChI=1S/C19H20N4O3S2/c1-3-23-17(16-5-4-8-27-16)21-22-19(23)28-12(2)18(24)20-10-13-6-7-14-15(9-13)26-11-25-14/h4-9,12H,3,10-11H2,1-2H3,(H,20,24)/t12-/m1/s1. The number of hydrogen-bond acceptors (Lipinski definition) is 7. The molecule has 4 rings (SSSR count). The van der Waals surface area contributed by atoms with Gasteiger partial charge in [0.15, 0.2) is 22.5 Å². The van der Waals surface area contributed by atoms with Crippen molar-refractivity contribution >= 4 is 29.0 Å². The molecular weight excluding hydrogens is 396 g/mol. The van der Waals surface area contributed by atoms with Crippen molar-refractivity contribution in [1.82, 2.24) is 20.1 Å². The number of amides is 1. The van der Waals surface area contributed by atoms with Crippen LogP contribution in [-0.4, -0.2) is 32.7 Å². The van der Waals surface area contributed by atoms with Gasteiger partial charge in [-0.2, -0.15) is 0 Å². The third kappa shape index (κ3) is 3.85. The van der Waals surface area contributed by atoms with Gasteiger partial charge in [0, 0.05) is 13.1 Å². The molecule has 3 heterocycles. The van der Waals surface area contributed by atoms with Crippen LogP contribution in [0.3, 0.4) is 0 Å². The lowest BCUT2D eigenvalue weighted by Gasteiger charge is -2.13. The number of thiophene rings is 1. The van der Waals surface area contributed by atoms with E-state index in [2.05, 4.69) is 22.4 Å². The van der Waals surface area contributed by atoms with Crippen molar-refractivity contribution in [2.24, 2.45) is 0 Å². The van der Waals surface area contributed by atoms with E-state index < -0.39 is 0 Å². The van der Waals surface area contributed by atoms with E-state index in [9.17, 15) is 4.79 Å². The first kappa shape index (κ1) is 18.8. The fourth-order valence-electron chi connectivity index (χ4n) is 2.84. The third-order valence-corrected chi connectivity index (χ3v) is 6.28. The Morgan fingerprint density at radius 3 is 2.96 bits per heavy atom. The smallest absolute Gasteiger partial charge is 0.233 e. The maximum atomic E-state index is 12.5. The number of nitrogens with one attached hydrogen (secondary N) is 1. The fourth-order valence-corrected chi connectivity index (χ4v) is 4.50. The third-order valence-electron chi connectivity index (χ3n) is 4.33. The van der Waals surface area contributed by atoms with Crippen molar-refractivity contribution in [3.05, 3.63) is 41.3 Å². The van der Waals surface area contributed by atoms with Gasteiger partial charge in [0.2, 0.25) is 12.7 Å². The molecule has 1 aliphatic heterocycles. The molecule has 7 nitrogen and oxygen atoms in total. The molecule has 0 radical (unpaired) electrons. The van der Waals surface area contributed by atoms with Crippen LogP contribution in [0.25, 0.3) is 10.7 Å². The maximum Gasteiger partial charge on any atom is 0.233 e. The van der Waals surface area contributed by atoms with Crippen molar-refractivity contribution in [1.29, 1.82) is 0 Å². The van der Waals surface area contributed by atoms with Gasteiger partial charge in [-0.15, -0.1) is 21.5 Å². The van der Waals surface area contributed by atoms with Gasteiger partial charge in [0.25, 0.3) is 0 Å². The molecule has 1 N–H and O–H groups in total. The van der Waals surface area contributed by atoms with E-state index in [1.54, 1.807) is 11.3 Å². The van der Waals surface area contributed by atoms with Crippen LogP contribution in [0.4, 0.5) is 0 Å². The van der Waals surface area contributed by atoms with Crippen LogP contribution < -0.4 is 14.8 Å². The second kappa shape index (κ2) is 8.24. The largest absolute Gasteiger partial charge is 0.454 e. The first-order chi connectivity index (χ1) is 13.7. The van der Waals surface area contributed by atoms with Gasteiger partial charge < -0.3 is 19.4 Å². The predicted octanol–water partition coefficient (Wildman–Crippen LogP) is 3.55. The molecule has 0 unspecified atom stereocenters. The first-order valence-electron chi connectivity index (χ1n) is 8.95. The van der Waals surface area contributed by atoms with E-state index in [0.717, 1.165) is 33.7 Å². The average Bonchev–Trinajstić information content (AvgIpc) is 3.45. The molecule has 9 heteroatoms. The molecule has 1 aliphatic rings. The van der Waals surface area contributed by atoms with E-state index in [1.807, 2.05) is 47.2 Å². The lowest BCUT2D eigenvalue weighted by Crippen LogP contribution is -2.30. The Morgan fingerprint density at radius 2 is 2.18 bits per heavy atom. The van der Waals surface area contributed by atoms with Crippen LogP contribution >= 0.6 is 23.1 Å². The lowest BCUT2D eigenvalue weighted by molar-refractivity contribution is -0.120. The zero-order chi connectivity index (χ0) is 19.5. The molecular formula is C19H20N4O3S2. The van der Waals surface area contributed by atoms with Gasteiger partial charge in [-0.3, -0.25) is 4.79 Å². The minimum atomic E-state index is -0.292. The highest BCUT2D eigenvalue weighted by Crippen LogP contribution is 2.32. The van der Waals surface area contributed by atoms with Gasteiger partial charge in [-0.25, -0.2) is 0 Å². The van der Waals surface area contributed by atoms with E-state index in [-0.39, 0.29) is 18.0 Å². The van der Waals surface area contributed by atoms with Crippen molar-refractivity contribution in [2.45, 2.75) is 37.3 Å². The predicted molar refractivity (Wildman–Crippen MR) is 109 cm³/mol. The first-order valence-corrected chi connectivity index (χ1v) is 10.7. The molecule has 146 valence electrons. The molecule has 0 aliphatic carbocycles. The number of benzene rings is 1. The van der Waals surface area contributed by atoms with Crippen molar-refractivity contribution < 1.29 is 14.3 Å². The highest BCUT2D eigenvalue weighted by Gasteiger charge is 2.21. The summed E-state index contributed by atoms with van der Waals surface area (Å²) >= 11 is 3.04. The normalized spacial score (nSPS) is 13.5. The van der Waals surface area contributed by atoms with Crippen molar-refractivity contribution in [3.63, 3.8) is 0 Å². The second-order valence-corrected chi connectivity index (χ2v) is 8.45. The number of rotatable bonds is 7. The number of thioether (sulfide) groups is 1. The summed E-state index contributed by atoms with van der Waals surface area (Å²) in [5.41, 5.74) is 0.964. The number of aromatic nitrogens is 3. The van der Waals surface area contributed by atoms with Crippen LogP contribution in [0, 0.1) is 0 Å². The minimum Gasteiger partial charge on any atom is -0.454 e. The molecule has 1 atom stereocenters. The zero-order valence-electron chi connectivity index (χ0n) is 15.5. The number of carbonyl (C=O) groups excluding carboxylic acids is 1. The molecule has 0 bridgehead atoms. The number of nitrogens with zero attached hydrogens (tertiary/aromatic N) is 3. The molecule has 28 heavy (non-hydrogen) atoms. The lowest BCUT2D eigenvalue weighted by atomic mass is 10.2. The summed E-state index contributed by atoms with van der Waals surface area (Å²) in [6, 6.07) is 9.69. The summed E-state index contributed by atoms with van der Waals surface area (Å²) in [5, 5.41) is 14.1. The van der Waals surface area contributed by atoms with E-state index >= 15 is 0 Å². The number of ether oxygens (including phenoxy) is 2. The van der Waals surface area contributed by atoms with E-state index in [1.165, 1.54) is 11.8 Å². The van der Waals surface area contributed by atoms with Gasteiger partial charge in [0.05, 0.1) is 10.1 Å². The van der Waals surface area contributed by atoms with Crippen LogP contribution in [0.15, 0.2) is 40.9 Å². The van der Waals surface area contributed by atoms with Crippen molar-refractivity contribution in [2.75, 3.05) is 6.79 Å². The van der Waals surface area contributed by atoms with E-state index in [4.69, 9.17) is 9.47 Å². The maximum absolute atomic E-state index is 12.5. The Balaban J connectivity index is 1.38. The topological polar surface area (TPSA) is 78.3 Å². The number of fused-ring (bicyclic) bond motifs is 1. The Kier molecular flexibility index (Phi) is 5.54. The summed E-state index contributed by atoms with van der Waals surface area (Å²) in [6.45, 7) is 5.34. The molecule has 3 aromatic rings. The van der Waals surface area contributed by atoms with E-state index in [0.29, 0.717) is 12.3 Å². The zero-order valence-corrected chi connectivity index (χ0v) is 17.2. The second-order valence-electron chi connectivity index (χ2n) is 6.19. The van der Waals surface area contributed by atoms with Gasteiger partial charge in [-0.1, -0.05) is 23.9 Å². The molecule has 0 saturated carbocycles. The Bertz CT molecular complexity index is 972. The summed E-state index contributed by atoms with van der Waals surface area (Å²) < 4.78 is 12.7. The summed E-state index contributed by atoms with van der Waals surface area (Å²) in [5.74, 6) is 2.24. The average molecular weight is 417 g/mol. The van der Waals surface area contributed by atoms with Crippen LogP contribution in [0.5, 0.6) is 11.5 Å². The highest BCUT2D eigenvalue weighted by molar-refractivity contribution is 8.00. The fraction of sp³-hybridized carbons (Fsp3) is 0.316. The Hall–Kier alpha value is -2.52. The monoisotopic (exact) mass is 416 g/mol. The van der Waals surface area contributed by atoms with Crippen molar-refractivity contribution in [3.8, 4) is 22.2 Å². The number of carbonyl (C=O) groups is 1. The minimum absolute atomic E-state index is 0.0500.